The molecule has 1 aromatic carbocycles. The van der Waals surface area contributed by atoms with Gasteiger partial charge in [0.25, 0.3) is 0 Å². The van der Waals surface area contributed by atoms with Crippen molar-refractivity contribution in [3.05, 3.63) is 35.4 Å². The van der Waals surface area contributed by atoms with E-state index in [-0.39, 0.29) is 11.1 Å². The van der Waals surface area contributed by atoms with E-state index < -0.39 is 24.6 Å². The van der Waals surface area contributed by atoms with E-state index >= 15 is 0 Å². The Morgan fingerprint density at radius 1 is 1.04 bits per heavy atom. The summed E-state index contributed by atoms with van der Waals surface area (Å²) < 4.78 is 80.6. The molecular formula is C13H6F6N2O2. The van der Waals surface area contributed by atoms with Crippen molar-refractivity contribution in [2.75, 3.05) is 0 Å². The number of benzene rings is 1. The molecule has 10 heteroatoms. The van der Waals surface area contributed by atoms with E-state index in [0.29, 0.717) is 0 Å². The first-order valence-corrected chi connectivity index (χ1v) is 5.65. The van der Waals surface area contributed by atoms with Crippen molar-refractivity contribution in [1.29, 1.82) is 10.5 Å². The molecule has 4 nitrogen and oxygen atoms in total. The van der Waals surface area contributed by atoms with Gasteiger partial charge in [-0.25, -0.2) is 9.13 Å². The molecule has 0 heterocycles. The number of alkyl halides is 6. The Morgan fingerprint density at radius 2 is 1.57 bits per heavy atom. The van der Waals surface area contributed by atoms with Crippen molar-refractivity contribution in [2.24, 2.45) is 0 Å². The number of nitrogens with zero attached hydrogens (tertiary/aromatic N) is 2. The van der Waals surface area contributed by atoms with Crippen LogP contribution in [0.15, 0.2) is 29.8 Å². The fraction of sp³-hybridized carbons (Fsp3) is 0.231. The second-order valence-electron chi connectivity index (χ2n) is 3.89. The zero-order valence-electron chi connectivity index (χ0n) is 10.9. The zero-order chi connectivity index (χ0) is 17.7. The fourth-order valence-corrected chi connectivity index (χ4v) is 1.28. The van der Waals surface area contributed by atoms with Crippen LogP contribution < -0.4 is 4.74 Å². The van der Waals surface area contributed by atoms with Crippen LogP contribution in [0.3, 0.4) is 0 Å². The third-order valence-electron chi connectivity index (χ3n) is 2.19. The Hall–Kier alpha value is -2.72. The van der Waals surface area contributed by atoms with Crippen LogP contribution in [0.5, 0.6) is 5.75 Å². The molecule has 0 saturated heterocycles. The van der Waals surface area contributed by atoms with Crippen LogP contribution in [-0.2, 0) is 4.74 Å². The number of hydrogen-bond donors (Lipinski definition) is 0. The minimum atomic E-state index is -5.59. The summed E-state index contributed by atoms with van der Waals surface area (Å²) in [5.74, 6) is -0.643. The van der Waals surface area contributed by atoms with Gasteiger partial charge in [0.1, 0.15) is 23.5 Å². The number of rotatable bonds is 5. The van der Waals surface area contributed by atoms with E-state index in [1.54, 1.807) is 12.1 Å². The molecule has 0 bridgehead atoms. The van der Waals surface area contributed by atoms with Gasteiger partial charge in [-0.15, -0.1) is 13.2 Å². The third-order valence-corrected chi connectivity index (χ3v) is 2.19. The molecule has 0 amide bonds. The second kappa shape index (κ2) is 7.03. The Balaban J connectivity index is 2.84. The maximum atomic E-state index is 13.1. The lowest BCUT2D eigenvalue weighted by Gasteiger charge is -2.22. The molecule has 0 spiro atoms. The summed E-state index contributed by atoms with van der Waals surface area (Å²) in [5, 5.41) is 17.1. The van der Waals surface area contributed by atoms with E-state index in [9.17, 15) is 26.3 Å². The molecule has 0 fully saturated rings. The summed E-state index contributed by atoms with van der Waals surface area (Å²) in [6.45, 7) is 0. The summed E-state index contributed by atoms with van der Waals surface area (Å²) >= 11 is 0. The van der Waals surface area contributed by atoms with Crippen LogP contribution >= 0.6 is 0 Å². The van der Waals surface area contributed by atoms with Crippen LogP contribution in [0.1, 0.15) is 5.56 Å². The van der Waals surface area contributed by atoms with Crippen molar-refractivity contribution < 1.29 is 35.8 Å². The fourth-order valence-electron chi connectivity index (χ4n) is 1.28. The lowest BCUT2D eigenvalue weighted by molar-refractivity contribution is -0.411. The number of nitriles is 2. The molecule has 1 rings (SSSR count). The van der Waals surface area contributed by atoms with Gasteiger partial charge in [-0.1, -0.05) is 12.1 Å². The van der Waals surface area contributed by atoms with Crippen LogP contribution in [0.2, 0.25) is 0 Å². The smallest absolute Gasteiger partial charge is 0.429 e. The van der Waals surface area contributed by atoms with Crippen molar-refractivity contribution in [2.45, 2.75) is 18.8 Å². The van der Waals surface area contributed by atoms with Gasteiger partial charge in [-0.3, -0.25) is 0 Å². The van der Waals surface area contributed by atoms with Gasteiger partial charge in [-0.05, 0) is 23.8 Å². The molecule has 122 valence electrons. The predicted octanol–water partition coefficient (Wildman–Crippen LogP) is 3.92. The molecule has 0 aliphatic heterocycles. The lowest BCUT2D eigenvalue weighted by Crippen LogP contribution is -2.41. The highest BCUT2D eigenvalue weighted by atomic mass is 19.4. The highest BCUT2D eigenvalue weighted by molar-refractivity contribution is 5.62. The molecule has 23 heavy (non-hydrogen) atoms. The topological polar surface area (TPSA) is 66.0 Å². The largest absolute Gasteiger partial charge is 0.525 e. The van der Waals surface area contributed by atoms with E-state index in [0.717, 1.165) is 30.3 Å². The minimum Gasteiger partial charge on any atom is -0.429 e. The maximum Gasteiger partial charge on any atom is 0.525 e. The Morgan fingerprint density at radius 3 is 2.00 bits per heavy atom. The third kappa shape index (κ3) is 5.88. The Labute approximate surface area is 125 Å². The van der Waals surface area contributed by atoms with Crippen molar-refractivity contribution in [3.63, 3.8) is 0 Å². The summed E-state index contributed by atoms with van der Waals surface area (Å²) in [6, 6.07) is 7.20. The molecule has 0 saturated carbocycles. The standard InChI is InChI=1S/C13H6F6N2O2/c14-11(23-13(17,18)19)12(15,16)22-10-3-1-8(2-4-10)5-9(6-20)7-21/h1-5,11H. The van der Waals surface area contributed by atoms with Gasteiger partial charge >= 0.3 is 18.8 Å². The quantitative estimate of drug-likeness (QED) is 0.604. The molecule has 1 aromatic rings. The summed E-state index contributed by atoms with van der Waals surface area (Å²) in [5.41, 5.74) is 0.00787. The van der Waals surface area contributed by atoms with Gasteiger partial charge < -0.3 is 4.74 Å². The van der Waals surface area contributed by atoms with Crippen molar-refractivity contribution in [1.82, 2.24) is 0 Å². The monoisotopic (exact) mass is 336 g/mol. The van der Waals surface area contributed by atoms with Gasteiger partial charge in [0.2, 0.25) is 0 Å². The van der Waals surface area contributed by atoms with Gasteiger partial charge in [-0.2, -0.15) is 19.3 Å². The Kier molecular flexibility index (Phi) is 5.60. The zero-order valence-corrected chi connectivity index (χ0v) is 10.9. The second-order valence-corrected chi connectivity index (χ2v) is 3.89. The molecule has 0 aliphatic rings. The highest BCUT2D eigenvalue weighted by Crippen LogP contribution is 2.31. The number of allylic oxidation sites excluding steroid dienone is 1. The first kappa shape index (κ1) is 18.3. The van der Waals surface area contributed by atoms with Crippen LogP contribution in [0, 0.1) is 22.7 Å². The number of hydrogen-bond acceptors (Lipinski definition) is 4. The SMILES string of the molecule is N#CC(C#N)=Cc1ccc(OC(F)(F)C(F)OC(F)(F)F)cc1. The first-order chi connectivity index (χ1) is 10.6. The van der Waals surface area contributed by atoms with E-state index in [1.807, 2.05) is 0 Å². The van der Waals surface area contributed by atoms with E-state index in [2.05, 4.69) is 9.47 Å². The Bertz CT molecular complexity index is 639. The van der Waals surface area contributed by atoms with Crippen molar-refractivity contribution >= 4 is 6.08 Å². The van der Waals surface area contributed by atoms with E-state index in [1.165, 1.54) is 0 Å². The predicted molar refractivity (Wildman–Crippen MR) is 63.3 cm³/mol. The van der Waals surface area contributed by atoms with Crippen LogP contribution in [0.4, 0.5) is 26.3 Å². The highest BCUT2D eigenvalue weighted by Gasteiger charge is 2.50. The number of ether oxygens (including phenoxy) is 2. The lowest BCUT2D eigenvalue weighted by atomic mass is 10.1. The molecule has 0 aromatic heterocycles. The summed E-state index contributed by atoms with van der Waals surface area (Å²) in [4.78, 5) is 0. The molecular weight excluding hydrogens is 330 g/mol. The average Bonchev–Trinajstić information content (AvgIpc) is 2.44. The van der Waals surface area contributed by atoms with Crippen molar-refractivity contribution in [3.8, 4) is 17.9 Å². The molecule has 0 radical (unpaired) electrons. The number of halogens is 6. The summed E-state index contributed by atoms with van der Waals surface area (Å²) in [6.07, 6.45) is -13.4. The van der Waals surface area contributed by atoms with Gasteiger partial charge in [0.15, 0.2) is 0 Å². The molecule has 1 unspecified atom stereocenters. The molecule has 0 aliphatic carbocycles. The minimum absolute atomic E-state index is 0.258. The first-order valence-electron chi connectivity index (χ1n) is 5.65. The van der Waals surface area contributed by atoms with Crippen LogP contribution in [-0.4, -0.2) is 18.8 Å². The van der Waals surface area contributed by atoms with Gasteiger partial charge in [0.05, 0.1) is 0 Å². The van der Waals surface area contributed by atoms with Crippen LogP contribution in [0.25, 0.3) is 6.08 Å². The van der Waals surface area contributed by atoms with Gasteiger partial charge in [0, 0.05) is 0 Å². The normalized spacial score (nSPS) is 12.7. The molecule has 1 atom stereocenters. The molecule has 0 N–H and O–H groups in total. The summed E-state index contributed by atoms with van der Waals surface area (Å²) in [7, 11) is 0. The maximum absolute atomic E-state index is 13.1. The van der Waals surface area contributed by atoms with E-state index in [4.69, 9.17) is 10.5 Å². The average molecular weight is 336 g/mol.